The molecule has 1 N–H and O–H groups in total. The van der Waals surface area contributed by atoms with Crippen LogP contribution in [0.3, 0.4) is 0 Å². The Labute approximate surface area is 103 Å². The number of hydrogen-bond acceptors (Lipinski definition) is 3. The molecule has 3 rings (SSSR count). The normalized spacial score (nSPS) is 12.9. The van der Waals surface area contributed by atoms with Gasteiger partial charge >= 0.3 is 0 Å². The molecule has 1 aromatic carbocycles. The molecule has 1 aliphatic heterocycles. The Morgan fingerprint density at radius 2 is 2.35 bits per heavy atom. The highest BCUT2D eigenvalue weighted by molar-refractivity contribution is 6.31. The Kier molecular flexibility index (Phi) is 2.27. The molecule has 5 heteroatoms. The minimum Gasteiger partial charge on any atom is -0.493 e. The van der Waals surface area contributed by atoms with E-state index in [4.69, 9.17) is 21.6 Å². The zero-order valence-corrected chi connectivity index (χ0v) is 9.58. The zero-order valence-electron chi connectivity index (χ0n) is 8.83. The van der Waals surface area contributed by atoms with Crippen molar-refractivity contribution >= 4 is 11.6 Å². The molecule has 2 heterocycles. The molecule has 0 amide bonds. The Hall–Kier alpha value is -1.99. The molecule has 0 unspecified atom stereocenters. The second-order valence-electron chi connectivity index (χ2n) is 3.78. The standard InChI is InChI=1S/C12H8ClN3O/c13-7-1-2-11-9(5-7)12-8(3-4-17-11)10(6-14)15-16-12/h1-2,5H,3-4H2,(H,15,16). The van der Waals surface area contributed by atoms with Crippen LogP contribution >= 0.6 is 11.6 Å². The van der Waals surface area contributed by atoms with Gasteiger partial charge in [0, 0.05) is 22.6 Å². The minimum atomic E-state index is 0.427. The topological polar surface area (TPSA) is 61.7 Å². The van der Waals surface area contributed by atoms with Crippen molar-refractivity contribution in [1.29, 1.82) is 5.26 Å². The Bertz CT molecular complexity index is 627. The van der Waals surface area contributed by atoms with Crippen molar-refractivity contribution in [3.8, 4) is 23.1 Å². The molecule has 0 bridgehead atoms. The van der Waals surface area contributed by atoms with Crippen molar-refractivity contribution in [3.05, 3.63) is 34.5 Å². The Morgan fingerprint density at radius 3 is 3.18 bits per heavy atom. The first-order valence-electron chi connectivity index (χ1n) is 5.19. The number of nitrogens with zero attached hydrogens (tertiary/aromatic N) is 2. The molecular formula is C12H8ClN3O. The third kappa shape index (κ3) is 1.56. The van der Waals surface area contributed by atoms with Gasteiger partial charge in [0.1, 0.15) is 11.8 Å². The van der Waals surface area contributed by atoms with Gasteiger partial charge in [0.05, 0.1) is 12.3 Å². The molecule has 4 nitrogen and oxygen atoms in total. The van der Waals surface area contributed by atoms with Crippen LogP contribution in [0.15, 0.2) is 18.2 Å². The van der Waals surface area contributed by atoms with E-state index in [1.54, 1.807) is 6.07 Å². The lowest BCUT2D eigenvalue weighted by molar-refractivity contribution is 0.326. The Balaban J connectivity index is 2.27. The summed E-state index contributed by atoms with van der Waals surface area (Å²) in [5.74, 6) is 0.765. The van der Waals surface area contributed by atoms with Gasteiger partial charge < -0.3 is 4.74 Å². The van der Waals surface area contributed by atoms with Gasteiger partial charge in [0.25, 0.3) is 0 Å². The maximum atomic E-state index is 8.98. The first kappa shape index (κ1) is 10.2. The van der Waals surface area contributed by atoms with Crippen LogP contribution in [0.25, 0.3) is 11.3 Å². The van der Waals surface area contributed by atoms with Gasteiger partial charge in [-0.25, -0.2) is 0 Å². The van der Waals surface area contributed by atoms with Crippen LogP contribution in [0.1, 0.15) is 11.3 Å². The van der Waals surface area contributed by atoms with Crippen molar-refractivity contribution in [2.45, 2.75) is 6.42 Å². The highest BCUT2D eigenvalue weighted by Crippen LogP contribution is 2.36. The van der Waals surface area contributed by atoms with Gasteiger partial charge in [-0.15, -0.1) is 0 Å². The maximum Gasteiger partial charge on any atom is 0.166 e. The fourth-order valence-electron chi connectivity index (χ4n) is 2.01. The average Bonchev–Trinajstić information content (AvgIpc) is 2.66. The fraction of sp³-hybridized carbons (Fsp3) is 0.167. The number of rotatable bonds is 0. The molecule has 0 saturated heterocycles. The summed E-state index contributed by atoms with van der Waals surface area (Å²) in [5, 5.41) is 16.5. The molecule has 0 radical (unpaired) electrons. The quantitative estimate of drug-likeness (QED) is 0.776. The predicted octanol–water partition coefficient (Wildman–Crippen LogP) is 2.54. The molecule has 0 aliphatic carbocycles. The molecular weight excluding hydrogens is 238 g/mol. The number of nitriles is 1. The monoisotopic (exact) mass is 245 g/mol. The van der Waals surface area contributed by atoms with E-state index in [1.165, 1.54) is 0 Å². The van der Waals surface area contributed by atoms with E-state index in [0.29, 0.717) is 23.7 Å². The van der Waals surface area contributed by atoms with Crippen molar-refractivity contribution < 1.29 is 4.74 Å². The van der Waals surface area contributed by atoms with Gasteiger partial charge in [-0.1, -0.05) is 11.6 Å². The highest BCUT2D eigenvalue weighted by atomic mass is 35.5. The highest BCUT2D eigenvalue weighted by Gasteiger charge is 2.21. The van der Waals surface area contributed by atoms with Crippen molar-refractivity contribution in [2.24, 2.45) is 0 Å². The lowest BCUT2D eigenvalue weighted by atomic mass is 10.0. The van der Waals surface area contributed by atoms with Crippen LogP contribution in [0.5, 0.6) is 5.75 Å². The van der Waals surface area contributed by atoms with Crippen LogP contribution in [0, 0.1) is 11.3 Å². The molecule has 0 fully saturated rings. The molecule has 0 saturated carbocycles. The average molecular weight is 246 g/mol. The van der Waals surface area contributed by atoms with Gasteiger partial charge in [-0.3, -0.25) is 5.10 Å². The molecule has 17 heavy (non-hydrogen) atoms. The van der Waals surface area contributed by atoms with Crippen molar-refractivity contribution in [3.63, 3.8) is 0 Å². The van der Waals surface area contributed by atoms with E-state index in [2.05, 4.69) is 16.3 Å². The number of nitrogens with one attached hydrogen (secondary N) is 1. The van der Waals surface area contributed by atoms with E-state index in [1.807, 2.05) is 12.1 Å². The van der Waals surface area contributed by atoms with Gasteiger partial charge in [-0.05, 0) is 18.2 Å². The second-order valence-corrected chi connectivity index (χ2v) is 4.21. The molecule has 0 spiro atoms. The van der Waals surface area contributed by atoms with Crippen LogP contribution in [-0.2, 0) is 6.42 Å². The summed E-state index contributed by atoms with van der Waals surface area (Å²) >= 11 is 5.98. The van der Waals surface area contributed by atoms with E-state index in [0.717, 1.165) is 22.6 Å². The van der Waals surface area contributed by atoms with E-state index < -0.39 is 0 Å². The van der Waals surface area contributed by atoms with Crippen molar-refractivity contribution in [1.82, 2.24) is 10.2 Å². The largest absolute Gasteiger partial charge is 0.493 e. The summed E-state index contributed by atoms with van der Waals surface area (Å²) in [6, 6.07) is 7.51. The number of ether oxygens (including phenoxy) is 1. The number of halogens is 1. The maximum absolute atomic E-state index is 8.98. The number of benzene rings is 1. The lowest BCUT2D eigenvalue weighted by Crippen LogP contribution is -1.99. The summed E-state index contributed by atoms with van der Waals surface area (Å²) in [6.07, 6.45) is 0.668. The zero-order chi connectivity index (χ0) is 11.8. The van der Waals surface area contributed by atoms with Crippen LogP contribution in [0.2, 0.25) is 5.02 Å². The number of H-pyrrole nitrogens is 1. The lowest BCUT2D eigenvalue weighted by Gasteiger charge is -2.06. The number of aromatic amines is 1. The summed E-state index contributed by atoms with van der Waals surface area (Å²) in [4.78, 5) is 0. The predicted molar refractivity (Wildman–Crippen MR) is 62.9 cm³/mol. The number of aromatic nitrogens is 2. The summed E-state index contributed by atoms with van der Waals surface area (Å²) in [5.41, 5.74) is 3.01. The molecule has 0 atom stereocenters. The first-order chi connectivity index (χ1) is 8.29. The van der Waals surface area contributed by atoms with E-state index in [-0.39, 0.29) is 0 Å². The van der Waals surface area contributed by atoms with Gasteiger partial charge in [0.15, 0.2) is 5.69 Å². The number of fused-ring (bicyclic) bond motifs is 3. The SMILES string of the molecule is N#Cc1n[nH]c2c1CCOc1ccc(Cl)cc1-2. The first-order valence-corrected chi connectivity index (χ1v) is 5.57. The molecule has 1 aliphatic rings. The van der Waals surface area contributed by atoms with E-state index >= 15 is 0 Å². The van der Waals surface area contributed by atoms with Crippen molar-refractivity contribution in [2.75, 3.05) is 6.61 Å². The van der Waals surface area contributed by atoms with Gasteiger partial charge in [-0.2, -0.15) is 10.4 Å². The summed E-state index contributed by atoms with van der Waals surface area (Å²) in [7, 11) is 0. The summed E-state index contributed by atoms with van der Waals surface area (Å²) < 4.78 is 5.63. The summed E-state index contributed by atoms with van der Waals surface area (Å²) in [6.45, 7) is 0.538. The fourth-order valence-corrected chi connectivity index (χ4v) is 2.18. The molecule has 1 aromatic heterocycles. The third-order valence-corrected chi connectivity index (χ3v) is 3.03. The van der Waals surface area contributed by atoms with Crippen LogP contribution in [0.4, 0.5) is 0 Å². The van der Waals surface area contributed by atoms with Crippen LogP contribution in [-0.4, -0.2) is 16.8 Å². The van der Waals surface area contributed by atoms with Gasteiger partial charge in [0.2, 0.25) is 0 Å². The van der Waals surface area contributed by atoms with E-state index in [9.17, 15) is 0 Å². The minimum absolute atomic E-state index is 0.427. The molecule has 84 valence electrons. The Morgan fingerprint density at radius 1 is 1.47 bits per heavy atom. The number of hydrogen-bond donors (Lipinski definition) is 1. The van der Waals surface area contributed by atoms with Crippen LogP contribution < -0.4 is 4.74 Å². The smallest absolute Gasteiger partial charge is 0.166 e. The second kappa shape index (κ2) is 3.79. The third-order valence-electron chi connectivity index (χ3n) is 2.79. The molecule has 2 aromatic rings.